The Morgan fingerprint density at radius 3 is 2.59 bits per heavy atom. The molecule has 3 unspecified atom stereocenters. The smallest absolute Gasteiger partial charge is 0.224 e. The van der Waals surface area contributed by atoms with Crippen LogP contribution in [0.2, 0.25) is 0 Å². The summed E-state index contributed by atoms with van der Waals surface area (Å²) < 4.78 is 0. The number of carbonyl (C=O) groups is 1. The van der Waals surface area contributed by atoms with Crippen molar-refractivity contribution in [3.05, 3.63) is 0 Å². The fourth-order valence-electron chi connectivity index (χ4n) is 2.71. The molecule has 1 aliphatic rings. The predicted molar refractivity (Wildman–Crippen MR) is 71.8 cm³/mol. The summed E-state index contributed by atoms with van der Waals surface area (Å²) >= 11 is 0. The number of hydrogen-bond acceptors (Lipinski definition) is 2. The Morgan fingerprint density at radius 1 is 1.29 bits per heavy atom. The SMILES string of the molecule is CNCC(C)C(=O)NC1CCCC(C(C)C)C1. The molecule has 0 aliphatic heterocycles. The summed E-state index contributed by atoms with van der Waals surface area (Å²) in [7, 11) is 1.89. The molecule has 1 rings (SSSR count). The molecule has 0 aromatic rings. The molecule has 3 heteroatoms. The second-order valence-electron chi connectivity index (χ2n) is 5.83. The van der Waals surface area contributed by atoms with Gasteiger partial charge in [0.2, 0.25) is 5.91 Å². The normalized spacial score (nSPS) is 26.9. The van der Waals surface area contributed by atoms with Gasteiger partial charge in [-0.25, -0.2) is 0 Å². The van der Waals surface area contributed by atoms with Gasteiger partial charge in [-0.2, -0.15) is 0 Å². The van der Waals surface area contributed by atoms with Gasteiger partial charge >= 0.3 is 0 Å². The molecule has 0 aromatic heterocycles. The molecule has 0 spiro atoms. The highest BCUT2D eigenvalue weighted by molar-refractivity contribution is 5.78. The second kappa shape index (κ2) is 7.00. The zero-order valence-electron chi connectivity index (χ0n) is 11.8. The van der Waals surface area contributed by atoms with Gasteiger partial charge in [0.25, 0.3) is 0 Å². The Bertz CT molecular complexity index is 240. The second-order valence-corrected chi connectivity index (χ2v) is 5.83. The summed E-state index contributed by atoms with van der Waals surface area (Å²) in [5.41, 5.74) is 0. The lowest BCUT2D eigenvalue weighted by Gasteiger charge is -2.32. The van der Waals surface area contributed by atoms with E-state index in [-0.39, 0.29) is 11.8 Å². The minimum Gasteiger partial charge on any atom is -0.353 e. The van der Waals surface area contributed by atoms with Crippen LogP contribution >= 0.6 is 0 Å². The molecule has 2 N–H and O–H groups in total. The van der Waals surface area contributed by atoms with Crippen LogP contribution in [0.1, 0.15) is 46.5 Å². The molecule has 3 nitrogen and oxygen atoms in total. The number of amides is 1. The molecular formula is C14H28N2O. The van der Waals surface area contributed by atoms with Crippen LogP contribution in [0.5, 0.6) is 0 Å². The third kappa shape index (κ3) is 4.66. The van der Waals surface area contributed by atoms with Crippen LogP contribution < -0.4 is 10.6 Å². The maximum atomic E-state index is 11.9. The summed E-state index contributed by atoms with van der Waals surface area (Å²) in [5.74, 6) is 1.80. The monoisotopic (exact) mass is 240 g/mol. The molecule has 0 heterocycles. The minimum atomic E-state index is 0.0689. The van der Waals surface area contributed by atoms with Gasteiger partial charge in [0.15, 0.2) is 0 Å². The van der Waals surface area contributed by atoms with Crippen LogP contribution in [0.4, 0.5) is 0 Å². The molecule has 0 radical (unpaired) electrons. The number of hydrogen-bond donors (Lipinski definition) is 2. The van der Waals surface area contributed by atoms with E-state index in [0.29, 0.717) is 6.04 Å². The molecule has 1 aliphatic carbocycles. The maximum Gasteiger partial charge on any atom is 0.224 e. The van der Waals surface area contributed by atoms with Gasteiger partial charge < -0.3 is 10.6 Å². The van der Waals surface area contributed by atoms with Crippen molar-refractivity contribution in [1.29, 1.82) is 0 Å². The van der Waals surface area contributed by atoms with Crippen LogP contribution in [0.15, 0.2) is 0 Å². The largest absolute Gasteiger partial charge is 0.353 e. The van der Waals surface area contributed by atoms with Gasteiger partial charge in [0.05, 0.1) is 0 Å². The van der Waals surface area contributed by atoms with E-state index in [1.165, 1.54) is 12.8 Å². The van der Waals surface area contributed by atoms with Crippen LogP contribution in [0.3, 0.4) is 0 Å². The Labute approximate surface area is 106 Å². The van der Waals surface area contributed by atoms with E-state index in [0.717, 1.165) is 31.2 Å². The molecule has 100 valence electrons. The molecule has 0 bridgehead atoms. The minimum absolute atomic E-state index is 0.0689. The van der Waals surface area contributed by atoms with E-state index in [2.05, 4.69) is 24.5 Å². The molecule has 1 amide bonds. The molecular weight excluding hydrogens is 212 g/mol. The highest BCUT2D eigenvalue weighted by atomic mass is 16.1. The Balaban J connectivity index is 2.38. The average Bonchev–Trinajstić information content (AvgIpc) is 2.29. The van der Waals surface area contributed by atoms with Crippen LogP contribution in [-0.2, 0) is 4.79 Å². The first-order valence-electron chi connectivity index (χ1n) is 6.99. The third-order valence-corrected chi connectivity index (χ3v) is 3.96. The van der Waals surface area contributed by atoms with Gasteiger partial charge in [0.1, 0.15) is 0 Å². The van der Waals surface area contributed by atoms with E-state index in [9.17, 15) is 4.79 Å². The van der Waals surface area contributed by atoms with Gasteiger partial charge in [-0.1, -0.05) is 33.6 Å². The molecule has 1 fully saturated rings. The lowest BCUT2D eigenvalue weighted by molar-refractivity contribution is -0.125. The quantitative estimate of drug-likeness (QED) is 0.773. The van der Waals surface area contributed by atoms with Crippen molar-refractivity contribution in [2.45, 2.75) is 52.5 Å². The van der Waals surface area contributed by atoms with Crippen molar-refractivity contribution in [3.63, 3.8) is 0 Å². The van der Waals surface area contributed by atoms with E-state index in [1.54, 1.807) is 0 Å². The lowest BCUT2D eigenvalue weighted by Crippen LogP contribution is -2.43. The van der Waals surface area contributed by atoms with Crippen molar-refractivity contribution in [2.24, 2.45) is 17.8 Å². The van der Waals surface area contributed by atoms with Crippen LogP contribution in [-0.4, -0.2) is 25.5 Å². The highest BCUT2D eigenvalue weighted by Crippen LogP contribution is 2.29. The maximum absolute atomic E-state index is 11.9. The van der Waals surface area contributed by atoms with Gasteiger partial charge in [-0.3, -0.25) is 4.79 Å². The standard InChI is InChI=1S/C14H28N2O/c1-10(2)12-6-5-7-13(8-12)16-14(17)11(3)9-15-4/h10-13,15H,5-9H2,1-4H3,(H,16,17). The third-order valence-electron chi connectivity index (χ3n) is 3.96. The average molecular weight is 240 g/mol. The van der Waals surface area contributed by atoms with E-state index in [1.807, 2.05) is 14.0 Å². The number of carbonyl (C=O) groups excluding carboxylic acids is 1. The zero-order chi connectivity index (χ0) is 12.8. The first kappa shape index (κ1) is 14.5. The topological polar surface area (TPSA) is 41.1 Å². The fraction of sp³-hybridized carbons (Fsp3) is 0.929. The van der Waals surface area contributed by atoms with Gasteiger partial charge in [-0.15, -0.1) is 0 Å². The Kier molecular flexibility index (Phi) is 5.96. The van der Waals surface area contributed by atoms with Gasteiger partial charge in [-0.05, 0) is 31.7 Å². The molecule has 0 aromatic carbocycles. The summed E-state index contributed by atoms with van der Waals surface area (Å²) in [6.45, 7) is 7.32. The van der Waals surface area contributed by atoms with Crippen molar-refractivity contribution < 1.29 is 4.79 Å². The number of rotatable bonds is 5. The van der Waals surface area contributed by atoms with Crippen molar-refractivity contribution >= 4 is 5.91 Å². The first-order chi connectivity index (χ1) is 8.04. The summed E-state index contributed by atoms with van der Waals surface area (Å²) in [4.78, 5) is 11.9. The lowest BCUT2D eigenvalue weighted by atomic mass is 9.79. The van der Waals surface area contributed by atoms with E-state index in [4.69, 9.17) is 0 Å². The highest BCUT2D eigenvalue weighted by Gasteiger charge is 2.26. The van der Waals surface area contributed by atoms with Crippen molar-refractivity contribution in [1.82, 2.24) is 10.6 Å². The summed E-state index contributed by atoms with van der Waals surface area (Å²) in [6.07, 6.45) is 4.90. The van der Waals surface area contributed by atoms with Gasteiger partial charge in [0, 0.05) is 18.5 Å². The Hall–Kier alpha value is -0.570. The molecule has 0 saturated heterocycles. The summed E-state index contributed by atoms with van der Waals surface area (Å²) in [6, 6.07) is 0.406. The van der Waals surface area contributed by atoms with Crippen molar-refractivity contribution in [3.8, 4) is 0 Å². The molecule has 17 heavy (non-hydrogen) atoms. The molecule has 1 saturated carbocycles. The first-order valence-corrected chi connectivity index (χ1v) is 6.99. The van der Waals surface area contributed by atoms with E-state index < -0.39 is 0 Å². The van der Waals surface area contributed by atoms with Crippen molar-refractivity contribution in [2.75, 3.05) is 13.6 Å². The van der Waals surface area contributed by atoms with Crippen LogP contribution in [0, 0.1) is 17.8 Å². The number of nitrogens with one attached hydrogen (secondary N) is 2. The summed E-state index contributed by atoms with van der Waals surface area (Å²) in [5, 5.41) is 6.26. The van der Waals surface area contributed by atoms with Crippen LogP contribution in [0.25, 0.3) is 0 Å². The molecule has 3 atom stereocenters. The predicted octanol–water partition coefficient (Wildman–Crippen LogP) is 2.17. The fourth-order valence-corrected chi connectivity index (χ4v) is 2.71. The zero-order valence-corrected chi connectivity index (χ0v) is 11.8. The Morgan fingerprint density at radius 2 is 2.00 bits per heavy atom. The van der Waals surface area contributed by atoms with E-state index >= 15 is 0 Å².